The van der Waals surface area contributed by atoms with Crippen molar-refractivity contribution in [2.75, 3.05) is 13.7 Å². The summed E-state index contributed by atoms with van der Waals surface area (Å²) in [6, 6.07) is 0. The normalized spacial score (nSPS) is 18.2. The minimum Gasteiger partial charge on any atom is -0.479 e. The van der Waals surface area contributed by atoms with Crippen LogP contribution in [0.3, 0.4) is 0 Å². The second-order valence-electron chi connectivity index (χ2n) is 7.79. The van der Waals surface area contributed by atoms with Crippen molar-refractivity contribution in [3.63, 3.8) is 0 Å². The Morgan fingerprint density at radius 3 is 2.04 bits per heavy atom. The smallest absolute Gasteiger partial charge is 0.329 e. The molecule has 27 heavy (non-hydrogen) atoms. The Bertz CT molecular complexity index is 471. The number of carboxylic acids is 1. The van der Waals surface area contributed by atoms with E-state index in [1.165, 1.54) is 20.9 Å². The second kappa shape index (κ2) is 11.6. The molecule has 0 aliphatic rings. The van der Waals surface area contributed by atoms with Crippen molar-refractivity contribution in [2.24, 2.45) is 5.92 Å². The number of hydrogen-bond donors (Lipinski definition) is 4. The lowest BCUT2D eigenvalue weighted by Gasteiger charge is -2.44. The van der Waals surface area contributed by atoms with Gasteiger partial charge in [0.15, 0.2) is 5.60 Å². The van der Waals surface area contributed by atoms with Crippen molar-refractivity contribution < 1.29 is 30.0 Å². The third-order valence-corrected chi connectivity index (χ3v) is 5.83. The van der Waals surface area contributed by atoms with Crippen molar-refractivity contribution in [3.05, 3.63) is 0 Å². The van der Waals surface area contributed by atoms with E-state index in [-0.39, 0.29) is 12.8 Å². The van der Waals surface area contributed by atoms with E-state index in [0.29, 0.717) is 12.8 Å². The molecule has 4 unspecified atom stereocenters. The standard InChI is InChI=1S/C20H39NO6/c1-6-8-10-12-16(23)20(27,13-11-9-7-2)17(24)21(5)19(4,18(25)26)15(3)14-22/h15-16,22-23,27H,6-14H2,1-5H3,(H,25,26). The van der Waals surface area contributed by atoms with E-state index >= 15 is 0 Å². The number of carbonyl (C=O) groups is 2. The molecule has 0 rings (SSSR count). The second-order valence-corrected chi connectivity index (χ2v) is 7.79. The summed E-state index contributed by atoms with van der Waals surface area (Å²) in [7, 11) is 1.31. The van der Waals surface area contributed by atoms with Crippen LogP contribution in [-0.4, -0.2) is 68.1 Å². The van der Waals surface area contributed by atoms with Gasteiger partial charge in [-0.25, -0.2) is 4.79 Å². The van der Waals surface area contributed by atoms with Crippen LogP contribution in [0.15, 0.2) is 0 Å². The topological polar surface area (TPSA) is 118 Å². The molecule has 0 bridgehead atoms. The maximum Gasteiger partial charge on any atom is 0.329 e. The molecule has 4 N–H and O–H groups in total. The van der Waals surface area contributed by atoms with Crippen molar-refractivity contribution in [1.29, 1.82) is 0 Å². The van der Waals surface area contributed by atoms with E-state index in [1.54, 1.807) is 0 Å². The van der Waals surface area contributed by atoms with Crippen molar-refractivity contribution >= 4 is 11.9 Å². The average molecular weight is 390 g/mol. The van der Waals surface area contributed by atoms with Gasteiger partial charge in [-0.15, -0.1) is 0 Å². The minimum absolute atomic E-state index is 0.0700. The molecule has 0 aliphatic carbocycles. The van der Waals surface area contributed by atoms with E-state index in [1.807, 2.05) is 13.8 Å². The highest BCUT2D eigenvalue weighted by molar-refractivity contribution is 5.91. The van der Waals surface area contributed by atoms with Crippen molar-refractivity contribution in [1.82, 2.24) is 4.90 Å². The number of hydrogen-bond acceptors (Lipinski definition) is 5. The Hall–Kier alpha value is -1.18. The highest BCUT2D eigenvalue weighted by atomic mass is 16.4. The average Bonchev–Trinajstić information content (AvgIpc) is 2.65. The number of nitrogens with zero attached hydrogens (tertiary/aromatic N) is 1. The monoisotopic (exact) mass is 389 g/mol. The maximum absolute atomic E-state index is 13.2. The fourth-order valence-corrected chi connectivity index (χ4v) is 3.25. The third kappa shape index (κ3) is 6.16. The molecule has 7 nitrogen and oxygen atoms in total. The summed E-state index contributed by atoms with van der Waals surface area (Å²) >= 11 is 0. The van der Waals surface area contributed by atoms with E-state index in [0.717, 1.165) is 30.6 Å². The highest BCUT2D eigenvalue weighted by Gasteiger charge is 2.52. The van der Waals surface area contributed by atoms with Crippen molar-refractivity contribution in [3.8, 4) is 0 Å². The van der Waals surface area contributed by atoms with E-state index in [9.17, 15) is 30.0 Å². The predicted molar refractivity (Wildman–Crippen MR) is 104 cm³/mol. The van der Waals surface area contributed by atoms with E-state index in [2.05, 4.69) is 0 Å². The molecule has 0 spiro atoms. The first-order chi connectivity index (χ1) is 12.5. The van der Waals surface area contributed by atoms with Crippen LogP contribution < -0.4 is 0 Å². The zero-order valence-corrected chi connectivity index (χ0v) is 17.6. The van der Waals surface area contributed by atoms with E-state index in [4.69, 9.17) is 0 Å². The predicted octanol–water partition coefficient (Wildman–Crippen LogP) is 2.17. The Morgan fingerprint density at radius 2 is 1.59 bits per heavy atom. The van der Waals surface area contributed by atoms with Crippen molar-refractivity contribution in [2.45, 2.75) is 96.3 Å². The zero-order valence-electron chi connectivity index (χ0n) is 17.6. The molecule has 0 saturated carbocycles. The molecule has 0 radical (unpaired) electrons. The first-order valence-corrected chi connectivity index (χ1v) is 10.1. The molecular formula is C20H39NO6. The first kappa shape index (κ1) is 25.8. The lowest BCUT2D eigenvalue weighted by molar-refractivity contribution is -0.180. The number of amides is 1. The molecule has 0 aromatic carbocycles. The number of likely N-dealkylation sites (N-methyl/N-ethyl adjacent to an activating group) is 1. The van der Waals surface area contributed by atoms with Crippen LogP contribution >= 0.6 is 0 Å². The van der Waals surface area contributed by atoms with Crippen LogP contribution in [-0.2, 0) is 9.59 Å². The Kier molecular flexibility index (Phi) is 11.1. The molecular weight excluding hydrogens is 350 g/mol. The first-order valence-electron chi connectivity index (χ1n) is 10.1. The van der Waals surface area contributed by atoms with Crippen LogP contribution in [0.4, 0.5) is 0 Å². The number of carboxylic acid groups (broad SMARTS) is 1. The molecule has 7 heteroatoms. The number of aliphatic carboxylic acids is 1. The van der Waals surface area contributed by atoms with Gasteiger partial charge >= 0.3 is 5.97 Å². The van der Waals surface area contributed by atoms with Crippen LogP contribution in [0.2, 0.25) is 0 Å². The largest absolute Gasteiger partial charge is 0.479 e. The number of aliphatic hydroxyl groups excluding tert-OH is 2. The lowest BCUT2D eigenvalue weighted by atomic mass is 9.81. The summed E-state index contributed by atoms with van der Waals surface area (Å²) in [5.74, 6) is -2.83. The van der Waals surface area contributed by atoms with Crippen LogP contribution in [0, 0.1) is 5.92 Å². The molecule has 0 aromatic rings. The quantitative estimate of drug-likeness (QED) is 0.338. The molecule has 1 amide bonds. The van der Waals surface area contributed by atoms with Gasteiger partial charge in [0.2, 0.25) is 0 Å². The van der Waals surface area contributed by atoms with Gasteiger partial charge in [-0.2, -0.15) is 0 Å². The fraction of sp³-hybridized carbons (Fsp3) is 0.900. The van der Waals surface area contributed by atoms with Gasteiger partial charge in [-0.05, 0) is 26.2 Å². The maximum atomic E-state index is 13.2. The van der Waals surface area contributed by atoms with Gasteiger partial charge in [0.1, 0.15) is 5.54 Å². The summed E-state index contributed by atoms with van der Waals surface area (Å²) < 4.78 is 0. The van der Waals surface area contributed by atoms with Crippen LogP contribution in [0.5, 0.6) is 0 Å². The summed E-state index contributed by atoms with van der Waals surface area (Å²) in [6.07, 6.45) is 3.81. The minimum atomic E-state index is -2.04. The molecule has 0 aromatic heterocycles. The number of aliphatic hydroxyl groups is 3. The fourth-order valence-electron chi connectivity index (χ4n) is 3.25. The van der Waals surface area contributed by atoms with Gasteiger partial charge in [-0.1, -0.05) is 52.9 Å². The number of unbranched alkanes of at least 4 members (excludes halogenated alkanes) is 4. The Balaban J connectivity index is 5.72. The summed E-state index contributed by atoms with van der Waals surface area (Å²) in [6.45, 7) is 6.48. The SMILES string of the molecule is CCCCCC(O)C(O)(CCCCC)C(=O)N(C)C(C)(C(=O)O)C(C)CO. The highest BCUT2D eigenvalue weighted by Crippen LogP contribution is 2.31. The summed E-state index contributed by atoms with van der Waals surface area (Å²) in [5, 5.41) is 40.9. The Labute approximate surface area is 163 Å². The van der Waals surface area contributed by atoms with E-state index < -0.39 is 41.6 Å². The van der Waals surface area contributed by atoms with Gasteiger partial charge in [0, 0.05) is 19.6 Å². The molecule has 160 valence electrons. The third-order valence-electron chi connectivity index (χ3n) is 5.83. The summed E-state index contributed by atoms with van der Waals surface area (Å²) in [5.41, 5.74) is -3.74. The molecule has 0 heterocycles. The van der Waals surface area contributed by atoms with Crippen LogP contribution in [0.1, 0.15) is 79.1 Å². The number of carbonyl (C=O) groups excluding carboxylic acids is 1. The van der Waals surface area contributed by atoms with Gasteiger partial charge < -0.3 is 25.3 Å². The van der Waals surface area contributed by atoms with Gasteiger partial charge in [0.05, 0.1) is 6.10 Å². The molecule has 0 fully saturated rings. The Morgan fingerprint density at radius 1 is 1.07 bits per heavy atom. The van der Waals surface area contributed by atoms with Gasteiger partial charge in [0.25, 0.3) is 5.91 Å². The van der Waals surface area contributed by atoms with Gasteiger partial charge in [-0.3, -0.25) is 4.79 Å². The molecule has 4 atom stereocenters. The molecule has 0 aliphatic heterocycles. The number of rotatable bonds is 14. The molecule has 0 saturated heterocycles. The lowest BCUT2D eigenvalue weighted by Crippen LogP contribution is -2.65. The summed E-state index contributed by atoms with van der Waals surface area (Å²) in [4.78, 5) is 26.0. The zero-order chi connectivity index (χ0) is 21.3. The van der Waals surface area contributed by atoms with Crippen LogP contribution in [0.25, 0.3) is 0 Å².